The standard InChI is InChI=1S/C26H22ClN3O/c27-24-8-4-3-6-21(24)23-15-18-16-28-26(29-19-11-9-17(10-12-19)13-14-31)30-25(18)22-7-2-1-5-20(22)23/h1-12,16,23,31H,13-15H2,(H,28,29,30). The number of fused-ring (bicyclic) bond motifs is 3. The zero-order valence-corrected chi connectivity index (χ0v) is 17.7. The summed E-state index contributed by atoms with van der Waals surface area (Å²) >= 11 is 6.54. The molecule has 1 unspecified atom stereocenters. The average molecular weight is 428 g/mol. The minimum Gasteiger partial charge on any atom is -0.396 e. The summed E-state index contributed by atoms with van der Waals surface area (Å²) in [5.41, 5.74) is 7.59. The molecule has 0 bridgehead atoms. The molecule has 2 N–H and O–H groups in total. The van der Waals surface area contributed by atoms with Crippen LogP contribution in [-0.4, -0.2) is 21.7 Å². The molecular weight excluding hydrogens is 406 g/mol. The Bertz CT molecular complexity index is 1220. The highest BCUT2D eigenvalue weighted by molar-refractivity contribution is 6.31. The van der Waals surface area contributed by atoms with Crippen molar-refractivity contribution in [3.05, 3.63) is 106 Å². The molecule has 0 saturated carbocycles. The number of halogens is 1. The van der Waals surface area contributed by atoms with E-state index in [1.165, 1.54) is 5.56 Å². The molecular formula is C26H22ClN3O. The number of aromatic nitrogens is 2. The van der Waals surface area contributed by atoms with Crippen molar-refractivity contribution >= 4 is 23.2 Å². The Labute approximate surface area is 186 Å². The number of nitrogens with one attached hydrogen (secondary N) is 1. The zero-order valence-electron chi connectivity index (χ0n) is 16.9. The third kappa shape index (κ3) is 3.92. The molecule has 31 heavy (non-hydrogen) atoms. The van der Waals surface area contributed by atoms with E-state index >= 15 is 0 Å². The molecule has 1 aliphatic carbocycles. The van der Waals surface area contributed by atoms with Crippen LogP contribution in [0.2, 0.25) is 5.02 Å². The van der Waals surface area contributed by atoms with Gasteiger partial charge in [0, 0.05) is 35.0 Å². The fraction of sp³-hybridized carbons (Fsp3) is 0.154. The Morgan fingerprint density at radius 2 is 1.68 bits per heavy atom. The highest BCUT2D eigenvalue weighted by atomic mass is 35.5. The van der Waals surface area contributed by atoms with Crippen LogP contribution < -0.4 is 5.32 Å². The van der Waals surface area contributed by atoms with Crippen LogP contribution in [0.15, 0.2) is 79.0 Å². The fourth-order valence-corrected chi connectivity index (χ4v) is 4.51. The molecule has 5 rings (SSSR count). The van der Waals surface area contributed by atoms with Crippen LogP contribution in [0.25, 0.3) is 11.3 Å². The van der Waals surface area contributed by atoms with Crippen LogP contribution in [0, 0.1) is 0 Å². The maximum atomic E-state index is 9.08. The quantitative estimate of drug-likeness (QED) is 0.425. The van der Waals surface area contributed by atoms with E-state index in [0.717, 1.165) is 45.1 Å². The highest BCUT2D eigenvalue weighted by Gasteiger charge is 2.28. The first-order valence-corrected chi connectivity index (χ1v) is 10.8. The van der Waals surface area contributed by atoms with E-state index in [4.69, 9.17) is 21.7 Å². The van der Waals surface area contributed by atoms with Gasteiger partial charge in [-0.1, -0.05) is 66.2 Å². The van der Waals surface area contributed by atoms with Crippen LogP contribution >= 0.6 is 11.6 Å². The van der Waals surface area contributed by atoms with Crippen molar-refractivity contribution in [2.75, 3.05) is 11.9 Å². The Morgan fingerprint density at radius 1 is 0.935 bits per heavy atom. The number of benzene rings is 3. The number of hydrogen-bond acceptors (Lipinski definition) is 4. The second-order valence-electron chi connectivity index (χ2n) is 7.73. The van der Waals surface area contributed by atoms with Gasteiger partial charge in [-0.15, -0.1) is 0 Å². The van der Waals surface area contributed by atoms with Crippen molar-refractivity contribution in [2.45, 2.75) is 18.8 Å². The molecule has 0 radical (unpaired) electrons. The van der Waals surface area contributed by atoms with E-state index in [-0.39, 0.29) is 12.5 Å². The van der Waals surface area contributed by atoms with Crippen LogP contribution in [0.3, 0.4) is 0 Å². The van der Waals surface area contributed by atoms with Crippen molar-refractivity contribution in [1.82, 2.24) is 9.97 Å². The van der Waals surface area contributed by atoms with Crippen molar-refractivity contribution < 1.29 is 5.11 Å². The maximum Gasteiger partial charge on any atom is 0.227 e. The number of rotatable bonds is 5. The van der Waals surface area contributed by atoms with Crippen molar-refractivity contribution in [2.24, 2.45) is 0 Å². The predicted molar refractivity (Wildman–Crippen MR) is 125 cm³/mol. The van der Waals surface area contributed by atoms with Gasteiger partial charge in [0.2, 0.25) is 5.95 Å². The normalized spacial score (nSPS) is 14.6. The summed E-state index contributed by atoms with van der Waals surface area (Å²) in [5.74, 6) is 0.749. The number of aliphatic hydroxyl groups excluding tert-OH is 1. The van der Waals surface area contributed by atoms with Gasteiger partial charge in [0.05, 0.1) is 5.69 Å². The first kappa shape index (κ1) is 19.7. The molecule has 5 heteroatoms. The van der Waals surface area contributed by atoms with Crippen molar-refractivity contribution in [1.29, 1.82) is 0 Å². The highest BCUT2D eigenvalue weighted by Crippen LogP contribution is 2.43. The number of aliphatic hydroxyl groups is 1. The van der Waals surface area contributed by atoms with Gasteiger partial charge in [-0.25, -0.2) is 9.97 Å². The smallest absolute Gasteiger partial charge is 0.227 e. The molecule has 1 atom stereocenters. The summed E-state index contributed by atoms with van der Waals surface area (Å²) < 4.78 is 0. The van der Waals surface area contributed by atoms with Crippen LogP contribution in [-0.2, 0) is 12.8 Å². The number of nitrogens with zero attached hydrogens (tertiary/aromatic N) is 2. The molecule has 0 aliphatic heterocycles. The third-order valence-corrected chi connectivity index (χ3v) is 6.12. The van der Waals surface area contributed by atoms with Crippen LogP contribution in [0.1, 0.15) is 28.2 Å². The summed E-state index contributed by atoms with van der Waals surface area (Å²) in [7, 11) is 0. The molecule has 4 aromatic rings. The van der Waals surface area contributed by atoms with E-state index in [0.29, 0.717) is 12.4 Å². The van der Waals surface area contributed by atoms with E-state index in [1.54, 1.807) is 0 Å². The van der Waals surface area contributed by atoms with Gasteiger partial charge in [-0.05, 0) is 53.3 Å². The molecule has 4 nitrogen and oxygen atoms in total. The second kappa shape index (κ2) is 8.50. The SMILES string of the molecule is OCCc1ccc(Nc2ncc3c(n2)-c2ccccc2C(c2ccccc2Cl)C3)cc1. The third-order valence-electron chi connectivity index (χ3n) is 5.77. The Hall–Kier alpha value is -3.21. The van der Waals surface area contributed by atoms with E-state index in [1.807, 2.05) is 54.7 Å². The number of anilines is 2. The molecule has 154 valence electrons. The Morgan fingerprint density at radius 3 is 2.45 bits per heavy atom. The van der Waals surface area contributed by atoms with Gasteiger partial charge in [-0.2, -0.15) is 0 Å². The Balaban J connectivity index is 1.49. The predicted octanol–water partition coefficient (Wildman–Crippen LogP) is 5.76. The second-order valence-corrected chi connectivity index (χ2v) is 8.14. The van der Waals surface area contributed by atoms with Gasteiger partial charge >= 0.3 is 0 Å². The molecule has 0 fully saturated rings. The van der Waals surface area contributed by atoms with Crippen LogP contribution in [0.4, 0.5) is 11.6 Å². The van der Waals surface area contributed by atoms with Crippen LogP contribution in [0.5, 0.6) is 0 Å². The largest absolute Gasteiger partial charge is 0.396 e. The number of hydrogen-bond donors (Lipinski definition) is 2. The first-order valence-electron chi connectivity index (χ1n) is 10.4. The maximum absolute atomic E-state index is 9.08. The molecule has 1 aliphatic rings. The minimum absolute atomic E-state index is 0.148. The summed E-state index contributed by atoms with van der Waals surface area (Å²) in [6.45, 7) is 0.148. The monoisotopic (exact) mass is 427 g/mol. The van der Waals surface area contributed by atoms with E-state index in [9.17, 15) is 0 Å². The first-order chi connectivity index (χ1) is 15.2. The van der Waals surface area contributed by atoms with E-state index < -0.39 is 0 Å². The molecule has 1 aromatic heterocycles. The summed E-state index contributed by atoms with van der Waals surface area (Å²) in [6, 6.07) is 24.4. The van der Waals surface area contributed by atoms with Crippen molar-refractivity contribution in [3.63, 3.8) is 0 Å². The van der Waals surface area contributed by atoms with E-state index in [2.05, 4.69) is 34.6 Å². The van der Waals surface area contributed by atoms with Gasteiger partial charge in [0.15, 0.2) is 0 Å². The fourth-order valence-electron chi connectivity index (χ4n) is 4.24. The summed E-state index contributed by atoms with van der Waals surface area (Å²) in [5, 5.41) is 13.2. The topological polar surface area (TPSA) is 58.0 Å². The molecule has 0 amide bonds. The lowest BCUT2D eigenvalue weighted by atomic mass is 9.78. The molecule has 3 aromatic carbocycles. The molecule has 0 saturated heterocycles. The molecule has 1 heterocycles. The van der Waals surface area contributed by atoms with Gasteiger partial charge in [-0.3, -0.25) is 0 Å². The lowest BCUT2D eigenvalue weighted by Gasteiger charge is -2.28. The zero-order chi connectivity index (χ0) is 21.2. The summed E-state index contributed by atoms with van der Waals surface area (Å²) in [6.07, 6.45) is 3.38. The minimum atomic E-state index is 0.148. The average Bonchev–Trinajstić information content (AvgIpc) is 2.81. The van der Waals surface area contributed by atoms with Crippen molar-refractivity contribution in [3.8, 4) is 11.3 Å². The molecule has 0 spiro atoms. The Kier molecular flexibility index (Phi) is 5.41. The summed E-state index contributed by atoms with van der Waals surface area (Å²) in [4.78, 5) is 9.44. The van der Waals surface area contributed by atoms with Gasteiger partial charge in [0.1, 0.15) is 0 Å². The van der Waals surface area contributed by atoms with Gasteiger partial charge < -0.3 is 10.4 Å². The van der Waals surface area contributed by atoms with Gasteiger partial charge in [0.25, 0.3) is 0 Å². The lowest BCUT2D eigenvalue weighted by molar-refractivity contribution is 0.299. The lowest BCUT2D eigenvalue weighted by Crippen LogP contribution is -2.15.